The molecule has 1 fully saturated rings. The predicted molar refractivity (Wildman–Crippen MR) is 102 cm³/mol. The number of carbonyl (C=O) groups is 1. The van der Waals surface area contributed by atoms with E-state index in [1.165, 1.54) is 4.90 Å². The van der Waals surface area contributed by atoms with Crippen molar-refractivity contribution in [2.75, 3.05) is 25.0 Å². The van der Waals surface area contributed by atoms with Gasteiger partial charge in [0.1, 0.15) is 17.3 Å². The number of hydrogen-bond acceptors (Lipinski definition) is 2. The Hall–Kier alpha value is -2.94. The summed E-state index contributed by atoms with van der Waals surface area (Å²) >= 11 is 0. The molecule has 0 spiro atoms. The third kappa shape index (κ3) is 4.62. The van der Waals surface area contributed by atoms with Crippen LogP contribution in [0, 0.1) is 11.6 Å². The number of likely N-dealkylation sites (tertiary alicyclic amines) is 1. The first-order valence-corrected chi connectivity index (χ1v) is 9.35. The lowest BCUT2D eigenvalue weighted by Crippen LogP contribution is -2.32. The van der Waals surface area contributed by atoms with Crippen molar-refractivity contribution in [3.63, 3.8) is 0 Å². The molecule has 4 nitrogen and oxygen atoms in total. The highest BCUT2D eigenvalue weighted by atomic mass is 19.4. The molecule has 158 valence electrons. The number of aromatic nitrogens is 1. The number of carbonyl (C=O) groups excluding carboxylic acids is 1. The summed E-state index contributed by atoms with van der Waals surface area (Å²) in [4.78, 5) is 16.8. The summed E-state index contributed by atoms with van der Waals surface area (Å²) in [6.07, 6.45) is -3.59. The van der Waals surface area contributed by atoms with E-state index >= 15 is 0 Å². The van der Waals surface area contributed by atoms with E-state index in [2.05, 4.69) is 10.3 Å². The summed E-state index contributed by atoms with van der Waals surface area (Å²) in [7, 11) is 0. The normalized spacial score (nSPS) is 17.6. The van der Waals surface area contributed by atoms with Crippen molar-refractivity contribution in [3.8, 4) is 0 Å². The van der Waals surface area contributed by atoms with Gasteiger partial charge >= 0.3 is 6.18 Å². The summed E-state index contributed by atoms with van der Waals surface area (Å²) in [5.41, 5.74) is 1.79. The van der Waals surface area contributed by atoms with Crippen molar-refractivity contribution in [1.29, 1.82) is 0 Å². The maximum atomic E-state index is 13.3. The molecule has 1 atom stereocenters. The Morgan fingerprint density at radius 3 is 2.53 bits per heavy atom. The average Bonchev–Trinajstić information content (AvgIpc) is 3.25. The molecule has 0 bridgehead atoms. The number of aromatic amines is 1. The quantitative estimate of drug-likeness (QED) is 0.577. The lowest BCUT2D eigenvalue weighted by molar-refractivity contribution is -0.143. The molecule has 1 unspecified atom stereocenters. The van der Waals surface area contributed by atoms with Crippen LogP contribution in [0.2, 0.25) is 0 Å². The van der Waals surface area contributed by atoms with Crippen LogP contribution in [0.25, 0.3) is 10.9 Å². The summed E-state index contributed by atoms with van der Waals surface area (Å²) in [5.74, 6) is -2.18. The van der Waals surface area contributed by atoms with Crippen molar-refractivity contribution in [2.24, 2.45) is 0 Å². The van der Waals surface area contributed by atoms with Gasteiger partial charge in [-0.3, -0.25) is 9.69 Å². The Morgan fingerprint density at radius 2 is 1.83 bits per heavy atom. The van der Waals surface area contributed by atoms with Crippen LogP contribution >= 0.6 is 0 Å². The molecule has 2 N–H and O–H groups in total. The zero-order chi connectivity index (χ0) is 21.5. The zero-order valence-corrected chi connectivity index (χ0v) is 15.7. The molecule has 1 amide bonds. The average molecular weight is 423 g/mol. The molecule has 30 heavy (non-hydrogen) atoms. The van der Waals surface area contributed by atoms with Crippen molar-refractivity contribution < 1.29 is 26.7 Å². The van der Waals surface area contributed by atoms with Gasteiger partial charge in [-0.15, -0.1) is 0 Å². The molecule has 0 aliphatic carbocycles. The van der Waals surface area contributed by atoms with Crippen LogP contribution in [0.5, 0.6) is 0 Å². The Labute approximate surface area is 168 Å². The van der Waals surface area contributed by atoms with Crippen molar-refractivity contribution in [2.45, 2.75) is 18.5 Å². The number of hydrogen-bond donors (Lipinski definition) is 2. The van der Waals surface area contributed by atoms with E-state index in [4.69, 9.17) is 0 Å². The van der Waals surface area contributed by atoms with Crippen molar-refractivity contribution >= 4 is 22.5 Å². The third-order valence-corrected chi connectivity index (χ3v) is 5.16. The van der Waals surface area contributed by atoms with E-state index in [9.17, 15) is 26.7 Å². The van der Waals surface area contributed by atoms with Crippen LogP contribution in [0.15, 0.2) is 42.5 Å². The van der Waals surface area contributed by atoms with Gasteiger partial charge in [-0.25, -0.2) is 8.78 Å². The molecular formula is C21H18F5N3O. The van der Waals surface area contributed by atoms with Gasteiger partial charge in [-0.1, -0.05) is 6.07 Å². The number of rotatable bonds is 4. The first-order valence-electron chi connectivity index (χ1n) is 9.35. The number of H-pyrrole nitrogens is 1. The largest absolute Gasteiger partial charge is 0.401 e. The van der Waals surface area contributed by atoms with Crippen LogP contribution in [0.3, 0.4) is 0 Å². The summed E-state index contributed by atoms with van der Waals surface area (Å²) < 4.78 is 64.4. The van der Waals surface area contributed by atoms with Crippen LogP contribution < -0.4 is 5.32 Å². The van der Waals surface area contributed by atoms with Crippen LogP contribution in [-0.2, 0) is 0 Å². The van der Waals surface area contributed by atoms with Crippen molar-refractivity contribution in [1.82, 2.24) is 9.88 Å². The number of halogens is 5. The standard InChI is InChI=1S/C21H18F5N3O/c22-15-7-16(23)9-17(8-15)27-20(30)19-6-14-5-12(1-2-18(14)28-19)13-3-4-29(10-13)11-21(24,25)26/h1-2,5-9,13,28H,3-4,10-11H2,(H,27,30). The fraction of sp³-hybridized carbons (Fsp3) is 0.286. The fourth-order valence-corrected chi connectivity index (χ4v) is 3.85. The third-order valence-electron chi connectivity index (χ3n) is 5.16. The molecule has 1 aromatic heterocycles. The van der Waals surface area contributed by atoms with Crippen LogP contribution in [-0.4, -0.2) is 41.6 Å². The van der Waals surface area contributed by atoms with E-state index in [0.717, 1.165) is 23.1 Å². The fourth-order valence-electron chi connectivity index (χ4n) is 3.85. The molecule has 1 aliphatic heterocycles. The molecule has 4 rings (SSSR count). The lowest BCUT2D eigenvalue weighted by atomic mass is 9.97. The molecule has 0 saturated carbocycles. The number of amides is 1. The van der Waals surface area contributed by atoms with Gasteiger partial charge in [0.05, 0.1) is 6.54 Å². The minimum atomic E-state index is -4.22. The minimum Gasteiger partial charge on any atom is -0.351 e. The Bertz CT molecular complexity index is 1070. The van der Waals surface area contributed by atoms with E-state index in [1.807, 2.05) is 12.1 Å². The highest BCUT2D eigenvalue weighted by Gasteiger charge is 2.34. The van der Waals surface area contributed by atoms with Gasteiger partial charge in [0.2, 0.25) is 0 Å². The molecule has 1 aliphatic rings. The maximum Gasteiger partial charge on any atom is 0.401 e. The van der Waals surface area contributed by atoms with E-state index in [0.29, 0.717) is 31.1 Å². The number of alkyl halides is 3. The van der Waals surface area contributed by atoms with Gasteiger partial charge in [-0.2, -0.15) is 13.2 Å². The number of anilines is 1. The Kier molecular flexibility index (Phi) is 5.23. The molecule has 0 radical (unpaired) electrons. The molecule has 3 aromatic rings. The Balaban J connectivity index is 1.49. The van der Waals surface area contributed by atoms with Crippen LogP contribution in [0.1, 0.15) is 28.4 Å². The predicted octanol–water partition coefficient (Wildman–Crippen LogP) is 5.05. The zero-order valence-electron chi connectivity index (χ0n) is 15.7. The molecule has 2 aromatic carbocycles. The number of nitrogens with one attached hydrogen (secondary N) is 2. The molecule has 1 saturated heterocycles. The Morgan fingerprint density at radius 1 is 1.10 bits per heavy atom. The van der Waals surface area contributed by atoms with Gasteiger partial charge < -0.3 is 10.3 Å². The van der Waals surface area contributed by atoms with E-state index < -0.39 is 30.3 Å². The van der Waals surface area contributed by atoms with Gasteiger partial charge in [-0.05, 0) is 54.8 Å². The number of benzene rings is 2. The highest BCUT2D eigenvalue weighted by molar-refractivity contribution is 6.06. The smallest absolute Gasteiger partial charge is 0.351 e. The lowest BCUT2D eigenvalue weighted by Gasteiger charge is -2.18. The molecule has 2 heterocycles. The summed E-state index contributed by atoms with van der Waals surface area (Å²) in [6, 6.07) is 9.79. The summed E-state index contributed by atoms with van der Waals surface area (Å²) in [6.45, 7) is -0.206. The first kappa shape index (κ1) is 20.3. The molecule has 9 heteroatoms. The number of nitrogens with zero attached hydrogens (tertiary/aromatic N) is 1. The second-order valence-electron chi connectivity index (χ2n) is 7.48. The van der Waals surface area contributed by atoms with Crippen molar-refractivity contribution in [3.05, 3.63) is 65.4 Å². The monoisotopic (exact) mass is 423 g/mol. The summed E-state index contributed by atoms with van der Waals surface area (Å²) in [5, 5.41) is 3.17. The SMILES string of the molecule is O=C(Nc1cc(F)cc(F)c1)c1cc2cc(C3CCN(CC(F)(F)F)C3)ccc2[nH]1. The number of fused-ring (bicyclic) bond motifs is 1. The molecular weight excluding hydrogens is 405 g/mol. The maximum absolute atomic E-state index is 13.3. The topological polar surface area (TPSA) is 48.1 Å². The van der Waals surface area contributed by atoms with Gasteiger partial charge in [0, 0.05) is 29.2 Å². The first-order chi connectivity index (χ1) is 14.2. The van der Waals surface area contributed by atoms with E-state index in [1.54, 1.807) is 12.1 Å². The minimum absolute atomic E-state index is 0.00689. The second kappa shape index (κ2) is 7.71. The van der Waals surface area contributed by atoms with Gasteiger partial charge in [0.15, 0.2) is 0 Å². The van der Waals surface area contributed by atoms with Gasteiger partial charge in [0.25, 0.3) is 5.91 Å². The second-order valence-corrected chi connectivity index (χ2v) is 7.48. The van der Waals surface area contributed by atoms with E-state index in [-0.39, 0.29) is 17.3 Å². The highest BCUT2D eigenvalue weighted by Crippen LogP contribution is 2.31. The van der Waals surface area contributed by atoms with Crippen LogP contribution in [0.4, 0.5) is 27.6 Å².